The van der Waals surface area contributed by atoms with Crippen LogP contribution < -0.4 is 20.5 Å². The molecule has 0 bridgehead atoms. The fourth-order valence-electron chi connectivity index (χ4n) is 2.96. The summed E-state index contributed by atoms with van der Waals surface area (Å²) in [6.45, 7) is 3.61. The van der Waals surface area contributed by atoms with Crippen molar-refractivity contribution in [3.05, 3.63) is 48.7 Å². The summed E-state index contributed by atoms with van der Waals surface area (Å²) in [7, 11) is 0. The van der Waals surface area contributed by atoms with Crippen LogP contribution in [0.4, 0.5) is 17.6 Å². The maximum atomic E-state index is 6.09. The minimum absolute atomic E-state index is 0.546. The van der Waals surface area contributed by atoms with Crippen LogP contribution in [0.1, 0.15) is 0 Å². The van der Waals surface area contributed by atoms with Gasteiger partial charge in [-0.05, 0) is 18.2 Å². The third-order valence-electron chi connectivity index (χ3n) is 4.22. The largest absolute Gasteiger partial charge is 0.383 e. The number of anilines is 3. The van der Waals surface area contributed by atoms with Crippen LogP contribution in [-0.4, -0.2) is 36.1 Å². The third kappa shape index (κ3) is 2.63. The van der Waals surface area contributed by atoms with Gasteiger partial charge in [0.25, 0.3) is 5.82 Å². The average Bonchev–Trinajstić information content (AvgIpc) is 2.63. The molecule has 23 heavy (non-hydrogen) atoms. The standard InChI is InChI=1S/C17H18N6/c18-16-13-5-1-2-6-14(13)20-17(21-16)23-11-9-22(10-12-23)15-7-3-4-8-19-15/h1-8H,9-12H2,(H2,18,20,21)/p+1. The molecule has 0 aliphatic carbocycles. The summed E-state index contributed by atoms with van der Waals surface area (Å²) in [5.41, 5.74) is 6.99. The zero-order valence-corrected chi connectivity index (χ0v) is 12.8. The molecule has 0 unspecified atom stereocenters. The molecular weight excluding hydrogens is 288 g/mol. The van der Waals surface area contributed by atoms with E-state index < -0.39 is 0 Å². The molecule has 1 saturated heterocycles. The van der Waals surface area contributed by atoms with Crippen LogP contribution in [0.15, 0.2) is 48.7 Å². The molecular formula is C17H19N6+. The van der Waals surface area contributed by atoms with Gasteiger partial charge in [-0.15, -0.1) is 0 Å². The molecule has 0 spiro atoms. The van der Waals surface area contributed by atoms with Gasteiger partial charge in [0, 0.05) is 11.5 Å². The number of nitrogens with two attached hydrogens (primary N) is 1. The van der Waals surface area contributed by atoms with E-state index in [9.17, 15) is 0 Å². The summed E-state index contributed by atoms with van der Waals surface area (Å²) in [6, 6.07) is 14.0. The molecule has 1 aliphatic rings. The van der Waals surface area contributed by atoms with Crippen LogP contribution in [0.3, 0.4) is 0 Å². The Kier molecular flexibility index (Phi) is 3.42. The Morgan fingerprint density at radius 3 is 2.39 bits per heavy atom. The highest BCUT2D eigenvalue weighted by Crippen LogP contribution is 2.22. The van der Waals surface area contributed by atoms with Crippen molar-refractivity contribution < 1.29 is 4.98 Å². The van der Waals surface area contributed by atoms with Gasteiger partial charge in [0.1, 0.15) is 18.9 Å². The first-order chi connectivity index (χ1) is 11.3. The van der Waals surface area contributed by atoms with Crippen LogP contribution in [-0.2, 0) is 0 Å². The second kappa shape index (κ2) is 5.72. The van der Waals surface area contributed by atoms with E-state index >= 15 is 0 Å². The first-order valence-electron chi connectivity index (χ1n) is 7.80. The second-order valence-corrected chi connectivity index (χ2v) is 5.65. The third-order valence-corrected chi connectivity index (χ3v) is 4.22. The average molecular weight is 307 g/mol. The van der Waals surface area contributed by atoms with Crippen LogP contribution in [0.25, 0.3) is 10.9 Å². The molecule has 116 valence electrons. The van der Waals surface area contributed by atoms with Gasteiger partial charge < -0.3 is 10.6 Å². The Morgan fingerprint density at radius 1 is 0.870 bits per heavy atom. The summed E-state index contributed by atoms with van der Waals surface area (Å²) < 4.78 is 0. The van der Waals surface area contributed by atoms with Gasteiger partial charge in [-0.25, -0.2) is 9.97 Å². The number of nitrogens with zero attached hydrogens (tertiary/aromatic N) is 4. The molecule has 4 rings (SSSR count). The van der Waals surface area contributed by atoms with Gasteiger partial charge in [0.15, 0.2) is 0 Å². The lowest BCUT2D eigenvalue weighted by Crippen LogP contribution is -2.48. The minimum Gasteiger partial charge on any atom is -0.383 e. The highest BCUT2D eigenvalue weighted by atomic mass is 15.3. The number of hydrogen-bond donors (Lipinski definition) is 1. The number of benzene rings is 1. The molecule has 0 amide bonds. The van der Waals surface area contributed by atoms with Gasteiger partial charge in [-0.3, -0.25) is 4.90 Å². The van der Waals surface area contributed by atoms with Crippen molar-refractivity contribution in [3.8, 4) is 0 Å². The topological polar surface area (TPSA) is 72.4 Å². The maximum Gasteiger partial charge on any atom is 0.274 e. The maximum absolute atomic E-state index is 6.09. The highest BCUT2D eigenvalue weighted by molar-refractivity contribution is 5.88. The Balaban J connectivity index is 1.54. The summed E-state index contributed by atoms with van der Waals surface area (Å²) in [4.78, 5) is 17.0. The second-order valence-electron chi connectivity index (χ2n) is 5.65. The van der Waals surface area contributed by atoms with Gasteiger partial charge in [-0.2, -0.15) is 4.98 Å². The molecule has 0 saturated carbocycles. The van der Waals surface area contributed by atoms with E-state index in [1.54, 1.807) is 0 Å². The predicted octanol–water partition coefficient (Wildman–Crippen LogP) is 1.35. The van der Waals surface area contributed by atoms with Crippen LogP contribution >= 0.6 is 0 Å². The number of pyridine rings is 1. The fraction of sp³-hybridized carbons (Fsp3) is 0.235. The van der Waals surface area contributed by atoms with E-state index in [1.165, 1.54) is 0 Å². The Hall–Kier alpha value is -2.89. The lowest BCUT2D eigenvalue weighted by molar-refractivity contribution is -0.364. The predicted molar refractivity (Wildman–Crippen MR) is 91.4 cm³/mol. The number of nitrogens with one attached hydrogen (secondary N) is 1. The first-order valence-corrected chi connectivity index (χ1v) is 7.80. The molecule has 6 nitrogen and oxygen atoms in total. The number of piperazine rings is 1. The van der Waals surface area contributed by atoms with E-state index in [0.29, 0.717) is 5.82 Å². The number of hydrogen-bond acceptors (Lipinski definition) is 5. The Bertz CT molecular complexity index is 812. The highest BCUT2D eigenvalue weighted by Gasteiger charge is 2.25. The van der Waals surface area contributed by atoms with Gasteiger partial charge in [-0.1, -0.05) is 18.2 Å². The van der Waals surface area contributed by atoms with Crippen molar-refractivity contribution in [2.24, 2.45) is 0 Å². The van der Waals surface area contributed by atoms with Crippen LogP contribution in [0.2, 0.25) is 0 Å². The molecule has 2 aromatic heterocycles. The summed E-state index contributed by atoms with van der Waals surface area (Å²) >= 11 is 0. The number of H-pyrrole nitrogens is 1. The van der Waals surface area contributed by atoms with Gasteiger partial charge in [0.05, 0.1) is 24.8 Å². The molecule has 0 radical (unpaired) electrons. The number of nitrogen functional groups attached to an aromatic ring is 1. The SMILES string of the molecule is Nc1nc(N2CCN(c3cccc[nH+]3)CC2)nc2ccccc12. The molecule has 3 heterocycles. The summed E-state index contributed by atoms with van der Waals surface area (Å²) in [5, 5.41) is 0.911. The number of aromatic nitrogens is 3. The molecule has 3 aromatic rings. The van der Waals surface area contributed by atoms with E-state index in [-0.39, 0.29) is 0 Å². The minimum atomic E-state index is 0.546. The molecule has 1 fully saturated rings. The lowest BCUT2D eigenvalue weighted by Gasteiger charge is -2.31. The molecule has 6 heteroatoms. The zero-order valence-electron chi connectivity index (χ0n) is 12.8. The Labute approximate surface area is 134 Å². The number of para-hydroxylation sites is 1. The fourth-order valence-corrected chi connectivity index (χ4v) is 2.96. The summed E-state index contributed by atoms with van der Waals surface area (Å²) in [6.07, 6.45) is 1.95. The molecule has 1 aliphatic heterocycles. The molecule has 0 atom stereocenters. The first kappa shape index (κ1) is 13.8. The van der Waals surface area contributed by atoms with Gasteiger partial charge >= 0.3 is 0 Å². The van der Waals surface area contributed by atoms with Crippen LogP contribution in [0, 0.1) is 0 Å². The molecule has 1 aromatic carbocycles. The normalized spacial score (nSPS) is 15.1. The van der Waals surface area contributed by atoms with Gasteiger partial charge in [0.2, 0.25) is 5.95 Å². The van der Waals surface area contributed by atoms with E-state index in [4.69, 9.17) is 5.73 Å². The van der Waals surface area contributed by atoms with Crippen LogP contribution in [0.5, 0.6) is 0 Å². The van der Waals surface area contributed by atoms with Crippen molar-refractivity contribution in [2.45, 2.75) is 0 Å². The quantitative estimate of drug-likeness (QED) is 0.774. The van der Waals surface area contributed by atoms with Crippen molar-refractivity contribution in [3.63, 3.8) is 0 Å². The Morgan fingerprint density at radius 2 is 1.61 bits per heavy atom. The van der Waals surface area contributed by atoms with E-state index in [2.05, 4.69) is 30.8 Å². The monoisotopic (exact) mass is 307 g/mol. The number of aromatic amines is 1. The van der Waals surface area contributed by atoms with Crippen molar-refractivity contribution in [1.29, 1.82) is 0 Å². The zero-order chi connectivity index (χ0) is 15.6. The lowest BCUT2D eigenvalue weighted by atomic mass is 10.2. The summed E-state index contributed by atoms with van der Waals surface area (Å²) in [5.74, 6) is 2.41. The van der Waals surface area contributed by atoms with Crippen molar-refractivity contribution in [2.75, 3.05) is 41.7 Å². The van der Waals surface area contributed by atoms with E-state index in [0.717, 1.165) is 48.8 Å². The number of rotatable bonds is 2. The smallest absolute Gasteiger partial charge is 0.274 e. The van der Waals surface area contributed by atoms with E-state index in [1.807, 2.05) is 42.6 Å². The van der Waals surface area contributed by atoms with Crippen molar-refractivity contribution >= 4 is 28.5 Å². The molecule has 3 N–H and O–H groups in total. The van der Waals surface area contributed by atoms with Crippen molar-refractivity contribution in [1.82, 2.24) is 9.97 Å². The number of fused-ring (bicyclic) bond motifs is 1.